The molecule has 0 aromatic heterocycles. The van der Waals surface area contributed by atoms with Crippen LogP contribution in [0.2, 0.25) is 0 Å². The van der Waals surface area contributed by atoms with Gasteiger partial charge in [-0.15, -0.1) is 0 Å². The summed E-state index contributed by atoms with van der Waals surface area (Å²) in [5.41, 5.74) is -4.10. The minimum atomic E-state index is -1.21. The molecule has 2 aliphatic carbocycles. The topological polar surface area (TPSA) is 97.6 Å². The largest absolute Gasteiger partial charge is 0.390 e. The first-order valence-corrected chi connectivity index (χ1v) is 10.2. The van der Waals surface area contributed by atoms with Crippen molar-refractivity contribution in [1.82, 2.24) is 0 Å². The van der Waals surface area contributed by atoms with Crippen LogP contribution in [0.25, 0.3) is 0 Å². The molecule has 7 nitrogen and oxygen atoms in total. The number of rotatable bonds is 0. The summed E-state index contributed by atoms with van der Waals surface area (Å²) in [6, 6.07) is 0. The fourth-order valence-electron chi connectivity index (χ4n) is 8.61. The molecule has 6 unspecified atom stereocenters. The van der Waals surface area contributed by atoms with E-state index in [4.69, 9.17) is 18.9 Å². The van der Waals surface area contributed by atoms with Crippen LogP contribution in [-0.2, 0) is 18.9 Å². The molecular weight excluding hydrogens is 352 g/mol. The Morgan fingerprint density at radius 3 is 2.48 bits per heavy atom. The van der Waals surface area contributed by atoms with Gasteiger partial charge in [-0.05, 0) is 11.8 Å². The van der Waals surface area contributed by atoms with E-state index in [0.29, 0.717) is 13.0 Å². The molecule has 2 spiro atoms. The number of hydrogen-bond donors (Lipinski definition) is 3. The van der Waals surface area contributed by atoms with Gasteiger partial charge < -0.3 is 34.3 Å². The second-order valence-electron chi connectivity index (χ2n) is 10.8. The molecule has 6 aliphatic rings. The van der Waals surface area contributed by atoms with Crippen molar-refractivity contribution in [2.45, 2.75) is 76.0 Å². The molecule has 7 heteroatoms. The number of ether oxygens (including phenoxy) is 4. The van der Waals surface area contributed by atoms with Crippen molar-refractivity contribution in [3.05, 3.63) is 0 Å². The summed E-state index contributed by atoms with van der Waals surface area (Å²) in [6.45, 7) is 9.07. The van der Waals surface area contributed by atoms with Crippen molar-refractivity contribution < 1.29 is 34.3 Å². The van der Waals surface area contributed by atoms with Gasteiger partial charge >= 0.3 is 0 Å². The number of aliphatic hydroxyl groups excluding tert-OH is 2. The van der Waals surface area contributed by atoms with E-state index >= 15 is 0 Å². The third-order valence-electron chi connectivity index (χ3n) is 9.14. The second-order valence-corrected chi connectivity index (χ2v) is 10.8. The van der Waals surface area contributed by atoms with Crippen molar-refractivity contribution in [2.75, 3.05) is 19.8 Å². The zero-order chi connectivity index (χ0) is 19.2. The third kappa shape index (κ3) is 1.37. The molecule has 4 heterocycles. The molecule has 0 radical (unpaired) electrons. The van der Waals surface area contributed by atoms with Gasteiger partial charge in [0, 0.05) is 17.3 Å². The van der Waals surface area contributed by atoms with Crippen LogP contribution in [0, 0.1) is 28.1 Å². The highest BCUT2D eigenvalue weighted by Crippen LogP contribution is 2.84. The van der Waals surface area contributed by atoms with Gasteiger partial charge in [0.1, 0.15) is 11.2 Å². The van der Waals surface area contributed by atoms with Gasteiger partial charge in [-0.1, -0.05) is 27.7 Å². The first kappa shape index (κ1) is 17.6. The standard InChI is InChI=1S/C20H30O7/c1-9-6-24-11-5-17-14-12(22)13(16(2,3)4)19(17)10(21)7-25-15(19)27-18(17,8-26-14)20(9,11)23/h9-15,21-23H,5-8H2,1-4H3/t9-,10+,11?,12-,13+,14?,15?,17?,18?,19?,20-/m1/s1. The summed E-state index contributed by atoms with van der Waals surface area (Å²) in [4.78, 5) is 0. The fourth-order valence-corrected chi connectivity index (χ4v) is 8.61. The highest BCUT2D eigenvalue weighted by Gasteiger charge is 2.97. The smallest absolute Gasteiger partial charge is 0.168 e. The minimum absolute atomic E-state index is 0.122. The van der Waals surface area contributed by atoms with E-state index in [2.05, 4.69) is 20.8 Å². The lowest BCUT2D eigenvalue weighted by molar-refractivity contribution is -0.244. The summed E-state index contributed by atoms with van der Waals surface area (Å²) in [7, 11) is 0. The summed E-state index contributed by atoms with van der Waals surface area (Å²) in [5, 5.41) is 34.7. The molecule has 0 amide bonds. The van der Waals surface area contributed by atoms with Crippen molar-refractivity contribution in [3.8, 4) is 0 Å². The first-order chi connectivity index (χ1) is 12.6. The Morgan fingerprint density at radius 2 is 1.78 bits per heavy atom. The van der Waals surface area contributed by atoms with Crippen LogP contribution in [-0.4, -0.2) is 77.0 Å². The summed E-state index contributed by atoms with van der Waals surface area (Å²) < 4.78 is 24.8. The van der Waals surface area contributed by atoms with E-state index in [1.165, 1.54) is 0 Å². The molecule has 6 rings (SSSR count). The zero-order valence-electron chi connectivity index (χ0n) is 16.3. The number of fused-ring (bicyclic) bond motifs is 1. The van der Waals surface area contributed by atoms with Crippen LogP contribution in [0.5, 0.6) is 0 Å². The Labute approximate surface area is 158 Å². The van der Waals surface area contributed by atoms with Gasteiger partial charge in [0.25, 0.3) is 0 Å². The number of hydrogen-bond acceptors (Lipinski definition) is 7. The molecule has 11 atom stereocenters. The van der Waals surface area contributed by atoms with Gasteiger partial charge in [-0.25, -0.2) is 0 Å². The van der Waals surface area contributed by atoms with Crippen molar-refractivity contribution >= 4 is 0 Å². The van der Waals surface area contributed by atoms with Crippen molar-refractivity contribution in [1.29, 1.82) is 0 Å². The molecule has 3 N–H and O–H groups in total. The van der Waals surface area contributed by atoms with E-state index in [1.807, 2.05) is 6.92 Å². The Hall–Kier alpha value is -0.280. The summed E-state index contributed by atoms with van der Waals surface area (Å²) in [6.07, 6.45) is -2.57. The summed E-state index contributed by atoms with van der Waals surface area (Å²) in [5.74, 6) is -0.402. The fraction of sp³-hybridized carbons (Fsp3) is 1.00. The van der Waals surface area contributed by atoms with Crippen LogP contribution < -0.4 is 0 Å². The molecule has 4 saturated heterocycles. The van der Waals surface area contributed by atoms with Crippen LogP contribution in [0.4, 0.5) is 0 Å². The summed E-state index contributed by atoms with van der Waals surface area (Å²) >= 11 is 0. The first-order valence-electron chi connectivity index (χ1n) is 10.2. The van der Waals surface area contributed by atoms with Crippen molar-refractivity contribution in [2.24, 2.45) is 28.1 Å². The molecule has 152 valence electrons. The highest BCUT2D eigenvalue weighted by molar-refractivity contribution is 5.42. The van der Waals surface area contributed by atoms with Gasteiger partial charge in [0.05, 0.1) is 49.7 Å². The SMILES string of the molecule is C[C@@H]1COC2CC34C5OCC3(OC3OC[C@H](O)C34[C@H](C(C)(C)C)[C@H]5O)[C@]21O. The van der Waals surface area contributed by atoms with Gasteiger partial charge in [0.2, 0.25) is 0 Å². The highest BCUT2D eigenvalue weighted by atomic mass is 16.7. The molecule has 27 heavy (non-hydrogen) atoms. The predicted molar refractivity (Wildman–Crippen MR) is 91.6 cm³/mol. The van der Waals surface area contributed by atoms with Crippen LogP contribution in [0.1, 0.15) is 34.1 Å². The maximum Gasteiger partial charge on any atom is 0.168 e. The van der Waals surface area contributed by atoms with Crippen LogP contribution >= 0.6 is 0 Å². The molecule has 0 aromatic rings. The zero-order valence-corrected chi connectivity index (χ0v) is 16.3. The van der Waals surface area contributed by atoms with Crippen LogP contribution in [0.15, 0.2) is 0 Å². The quantitative estimate of drug-likeness (QED) is 0.545. The van der Waals surface area contributed by atoms with Gasteiger partial charge in [-0.3, -0.25) is 0 Å². The lowest BCUT2D eigenvalue weighted by atomic mass is 9.51. The lowest BCUT2D eigenvalue weighted by Gasteiger charge is -2.49. The molecule has 0 bridgehead atoms. The Bertz CT molecular complexity index is 707. The van der Waals surface area contributed by atoms with Crippen LogP contribution in [0.3, 0.4) is 0 Å². The monoisotopic (exact) mass is 382 g/mol. The van der Waals surface area contributed by atoms with E-state index < -0.39 is 46.6 Å². The molecule has 6 fully saturated rings. The third-order valence-corrected chi connectivity index (χ3v) is 9.14. The lowest BCUT2D eigenvalue weighted by Crippen LogP contribution is -2.64. The molecule has 4 aliphatic heterocycles. The van der Waals surface area contributed by atoms with Gasteiger partial charge in [-0.2, -0.15) is 0 Å². The predicted octanol–water partition coefficient (Wildman–Crippen LogP) is 0.0507. The molecule has 0 aromatic carbocycles. The maximum absolute atomic E-state index is 12.0. The average molecular weight is 382 g/mol. The van der Waals surface area contributed by atoms with Gasteiger partial charge in [0.15, 0.2) is 6.29 Å². The van der Waals surface area contributed by atoms with Crippen molar-refractivity contribution in [3.63, 3.8) is 0 Å². The minimum Gasteiger partial charge on any atom is -0.390 e. The Morgan fingerprint density at radius 1 is 1.04 bits per heavy atom. The van der Waals surface area contributed by atoms with E-state index in [9.17, 15) is 15.3 Å². The van der Waals surface area contributed by atoms with E-state index in [-0.39, 0.29) is 36.6 Å². The number of aliphatic hydroxyl groups is 3. The molecular formula is C20H30O7. The molecule has 2 saturated carbocycles. The van der Waals surface area contributed by atoms with E-state index in [1.54, 1.807) is 0 Å². The Kier molecular flexibility index (Phi) is 2.97. The average Bonchev–Trinajstić information content (AvgIpc) is 3.29. The Balaban J connectivity index is 1.66. The normalized spacial score (nSPS) is 66.1. The maximum atomic E-state index is 12.0. The van der Waals surface area contributed by atoms with E-state index in [0.717, 1.165) is 0 Å². The second kappa shape index (κ2) is 4.56.